The summed E-state index contributed by atoms with van der Waals surface area (Å²) in [6.45, 7) is 1.36. The van der Waals surface area contributed by atoms with Crippen LogP contribution in [0.25, 0.3) is 0 Å². The van der Waals surface area contributed by atoms with Gasteiger partial charge in [0.1, 0.15) is 23.3 Å². The molecule has 1 heterocycles. The number of piperidine rings is 1. The molecule has 2 atom stereocenters. The number of likely N-dealkylation sites (tertiary alicyclic amines) is 1. The molecule has 0 bridgehead atoms. The highest BCUT2D eigenvalue weighted by Crippen LogP contribution is 2.32. The summed E-state index contributed by atoms with van der Waals surface area (Å²) in [6, 6.07) is 15.6. The molecule has 0 radical (unpaired) electrons. The molecule has 0 aromatic heterocycles. The largest absolute Gasteiger partial charge is 0.352 e. The topological polar surface area (TPSA) is 32.3 Å². The Bertz CT molecular complexity index is 1120. The van der Waals surface area contributed by atoms with Gasteiger partial charge in [-0.2, -0.15) is 0 Å². The smallest absolute Gasteiger partial charge is 0.224 e. The Morgan fingerprint density at radius 1 is 0.879 bits per heavy atom. The maximum Gasteiger partial charge on any atom is 0.224 e. The molecule has 7 heteroatoms. The predicted octanol–water partition coefficient (Wildman–Crippen LogP) is 5.17. The van der Waals surface area contributed by atoms with E-state index < -0.39 is 17.6 Å². The lowest BCUT2D eigenvalue weighted by Gasteiger charge is -2.37. The van der Waals surface area contributed by atoms with E-state index in [-0.39, 0.29) is 36.5 Å². The van der Waals surface area contributed by atoms with Gasteiger partial charge in [-0.1, -0.05) is 30.3 Å². The van der Waals surface area contributed by atoms with E-state index in [1.165, 1.54) is 36.4 Å². The summed E-state index contributed by atoms with van der Waals surface area (Å²) in [4.78, 5) is 14.9. The summed E-state index contributed by atoms with van der Waals surface area (Å²) in [5.41, 5.74) is 1.89. The van der Waals surface area contributed by atoms with Gasteiger partial charge in [-0.05, 0) is 53.8 Å². The van der Waals surface area contributed by atoms with E-state index in [2.05, 4.69) is 5.32 Å². The molecule has 2 unspecified atom stereocenters. The molecule has 1 aliphatic heterocycles. The fourth-order valence-electron chi connectivity index (χ4n) is 4.36. The van der Waals surface area contributed by atoms with Crippen LogP contribution < -0.4 is 5.32 Å². The van der Waals surface area contributed by atoms with Gasteiger partial charge in [0.2, 0.25) is 5.91 Å². The highest BCUT2D eigenvalue weighted by molar-refractivity contribution is 5.79. The van der Waals surface area contributed by atoms with Gasteiger partial charge < -0.3 is 5.32 Å². The third kappa shape index (κ3) is 5.99. The highest BCUT2D eigenvalue weighted by Gasteiger charge is 2.32. The first kappa shape index (κ1) is 23.0. The molecule has 3 aromatic rings. The molecule has 33 heavy (non-hydrogen) atoms. The monoisotopic (exact) mass is 456 g/mol. The van der Waals surface area contributed by atoms with Crippen molar-refractivity contribution in [3.05, 3.63) is 107 Å². The van der Waals surface area contributed by atoms with E-state index in [9.17, 15) is 22.4 Å². The van der Waals surface area contributed by atoms with Crippen molar-refractivity contribution in [2.45, 2.75) is 25.4 Å². The van der Waals surface area contributed by atoms with Crippen LogP contribution in [0.2, 0.25) is 0 Å². The molecule has 3 nitrogen and oxygen atoms in total. The molecule has 0 spiro atoms. The highest BCUT2D eigenvalue weighted by atomic mass is 19.1. The quantitative estimate of drug-likeness (QED) is 0.520. The summed E-state index contributed by atoms with van der Waals surface area (Å²) in [7, 11) is 0. The number of carbonyl (C=O) groups excluding carboxylic acids is 1. The van der Waals surface area contributed by atoms with Gasteiger partial charge in [0.25, 0.3) is 0 Å². The number of rotatable bonds is 6. The van der Waals surface area contributed by atoms with Crippen molar-refractivity contribution in [1.82, 2.24) is 10.2 Å². The first-order valence-corrected chi connectivity index (χ1v) is 10.8. The molecule has 1 N–H and O–H groups in total. The maximum absolute atomic E-state index is 14.2. The zero-order valence-corrected chi connectivity index (χ0v) is 17.9. The molecule has 172 valence electrons. The van der Waals surface area contributed by atoms with E-state index in [1.807, 2.05) is 4.90 Å². The van der Waals surface area contributed by atoms with Gasteiger partial charge in [0.15, 0.2) is 0 Å². The Hall–Kier alpha value is -3.19. The third-order valence-electron chi connectivity index (χ3n) is 6.00. The summed E-state index contributed by atoms with van der Waals surface area (Å²) >= 11 is 0. The van der Waals surface area contributed by atoms with Crippen molar-refractivity contribution in [2.75, 3.05) is 13.1 Å². The Morgan fingerprint density at radius 3 is 2.33 bits per heavy atom. The maximum atomic E-state index is 14.2. The average molecular weight is 456 g/mol. The van der Waals surface area contributed by atoms with Crippen LogP contribution in [0.1, 0.15) is 29.0 Å². The van der Waals surface area contributed by atoms with Crippen molar-refractivity contribution >= 4 is 5.91 Å². The summed E-state index contributed by atoms with van der Waals surface area (Å²) in [5.74, 6) is -2.64. The van der Waals surface area contributed by atoms with Gasteiger partial charge in [-0.3, -0.25) is 9.69 Å². The van der Waals surface area contributed by atoms with E-state index in [0.717, 1.165) is 11.6 Å². The van der Waals surface area contributed by atoms with Crippen molar-refractivity contribution in [3.8, 4) is 0 Å². The molecule has 1 saturated heterocycles. The fourth-order valence-corrected chi connectivity index (χ4v) is 4.36. The normalized spacial score (nSPS) is 18.8. The Morgan fingerprint density at radius 2 is 1.61 bits per heavy atom. The summed E-state index contributed by atoms with van der Waals surface area (Å²) < 4.78 is 54.4. The van der Waals surface area contributed by atoms with Gasteiger partial charge in [-0.15, -0.1) is 0 Å². The number of nitrogens with one attached hydrogen (secondary N) is 1. The van der Waals surface area contributed by atoms with Crippen molar-refractivity contribution in [1.29, 1.82) is 0 Å². The average Bonchev–Trinajstić information content (AvgIpc) is 2.80. The zero-order valence-electron chi connectivity index (χ0n) is 17.9. The number of halogens is 4. The Kier molecular flexibility index (Phi) is 7.08. The lowest BCUT2D eigenvalue weighted by molar-refractivity contribution is -0.127. The first-order valence-electron chi connectivity index (χ1n) is 10.8. The van der Waals surface area contributed by atoms with Gasteiger partial charge in [0, 0.05) is 37.8 Å². The molecular weight excluding hydrogens is 432 g/mol. The molecule has 1 aliphatic rings. The van der Waals surface area contributed by atoms with Crippen LogP contribution in [0.3, 0.4) is 0 Å². The van der Waals surface area contributed by atoms with Crippen LogP contribution in [0.15, 0.2) is 66.7 Å². The third-order valence-corrected chi connectivity index (χ3v) is 6.00. The van der Waals surface area contributed by atoms with Gasteiger partial charge >= 0.3 is 0 Å². The van der Waals surface area contributed by atoms with Crippen molar-refractivity contribution in [2.24, 2.45) is 5.92 Å². The minimum atomic E-state index is -0.645. The SMILES string of the molecule is O=C(NCc1cccc(F)c1)C1CC(c2ccc(F)cc2)CN(Cc2ccc(F)cc2F)C1. The van der Waals surface area contributed by atoms with Crippen molar-refractivity contribution in [3.63, 3.8) is 0 Å². The molecule has 1 amide bonds. The summed E-state index contributed by atoms with van der Waals surface area (Å²) in [5, 5.41) is 2.86. The standard InChI is InChI=1S/C26H24F4N2O/c27-22-7-4-18(5-8-22)20-11-21(26(33)31-13-17-2-1-3-23(28)10-17)16-32(15-20)14-19-6-9-24(29)12-25(19)30/h1-10,12,20-21H,11,13-16H2,(H,31,33). The van der Waals surface area contributed by atoms with Crippen LogP contribution in [-0.2, 0) is 17.9 Å². The Labute approximate surface area is 190 Å². The molecule has 0 aliphatic carbocycles. The summed E-state index contributed by atoms with van der Waals surface area (Å²) in [6.07, 6.45) is 0.545. The molecule has 3 aromatic carbocycles. The van der Waals surface area contributed by atoms with Crippen LogP contribution in [0.4, 0.5) is 17.6 Å². The number of nitrogens with zero attached hydrogens (tertiary/aromatic N) is 1. The number of hydrogen-bond donors (Lipinski definition) is 1. The van der Waals surface area contributed by atoms with Crippen LogP contribution >= 0.6 is 0 Å². The number of amides is 1. The predicted molar refractivity (Wildman–Crippen MR) is 117 cm³/mol. The van der Waals surface area contributed by atoms with Crippen LogP contribution in [-0.4, -0.2) is 23.9 Å². The van der Waals surface area contributed by atoms with E-state index in [0.29, 0.717) is 30.6 Å². The second-order valence-corrected chi connectivity index (χ2v) is 8.46. The Balaban J connectivity index is 1.50. The van der Waals surface area contributed by atoms with Crippen molar-refractivity contribution < 1.29 is 22.4 Å². The molecular formula is C26H24F4N2O. The van der Waals surface area contributed by atoms with Gasteiger partial charge in [-0.25, -0.2) is 17.6 Å². The molecule has 0 saturated carbocycles. The lowest BCUT2D eigenvalue weighted by Crippen LogP contribution is -2.45. The number of carbonyl (C=O) groups is 1. The minimum Gasteiger partial charge on any atom is -0.352 e. The zero-order chi connectivity index (χ0) is 23.4. The number of benzene rings is 3. The van der Waals surface area contributed by atoms with E-state index in [4.69, 9.17) is 0 Å². The molecule has 1 fully saturated rings. The number of hydrogen-bond acceptors (Lipinski definition) is 2. The van der Waals surface area contributed by atoms with Gasteiger partial charge in [0.05, 0.1) is 5.92 Å². The minimum absolute atomic E-state index is 0.0622. The lowest BCUT2D eigenvalue weighted by atomic mass is 9.83. The first-order chi connectivity index (χ1) is 15.9. The second-order valence-electron chi connectivity index (χ2n) is 8.46. The second kappa shape index (κ2) is 10.2. The fraction of sp³-hybridized carbons (Fsp3) is 0.269. The van der Waals surface area contributed by atoms with E-state index >= 15 is 0 Å². The van der Waals surface area contributed by atoms with Crippen LogP contribution in [0.5, 0.6) is 0 Å². The molecule has 4 rings (SSSR count). The van der Waals surface area contributed by atoms with Crippen LogP contribution in [0, 0.1) is 29.2 Å². The van der Waals surface area contributed by atoms with E-state index in [1.54, 1.807) is 24.3 Å².